The van der Waals surface area contributed by atoms with Gasteiger partial charge in [-0.1, -0.05) is 24.3 Å². The minimum atomic E-state index is -0.125. The first-order chi connectivity index (χ1) is 14.6. The molecule has 0 bridgehead atoms. The first-order valence-corrected chi connectivity index (χ1v) is 9.56. The molecule has 0 saturated heterocycles. The second kappa shape index (κ2) is 8.33. The molecule has 0 aromatic heterocycles. The summed E-state index contributed by atoms with van der Waals surface area (Å²) in [5, 5.41) is 0. The molecule has 0 spiro atoms. The number of carbonyl (C=O) groups is 1. The number of ketones is 1. The highest BCUT2D eigenvalue weighted by atomic mass is 16.5. The van der Waals surface area contributed by atoms with Crippen molar-refractivity contribution in [3.05, 3.63) is 88.7 Å². The molecule has 3 aromatic carbocycles. The normalized spacial score (nSPS) is 13.7. The van der Waals surface area contributed by atoms with Crippen molar-refractivity contribution in [1.82, 2.24) is 0 Å². The summed E-state index contributed by atoms with van der Waals surface area (Å²) >= 11 is 0. The number of ether oxygens (including phenoxy) is 4. The van der Waals surface area contributed by atoms with Crippen molar-refractivity contribution in [1.29, 1.82) is 0 Å². The van der Waals surface area contributed by atoms with Crippen LogP contribution in [0.15, 0.2) is 66.4 Å². The van der Waals surface area contributed by atoms with E-state index in [1.165, 1.54) is 0 Å². The van der Waals surface area contributed by atoms with Crippen LogP contribution in [0, 0.1) is 6.92 Å². The van der Waals surface area contributed by atoms with Gasteiger partial charge < -0.3 is 18.9 Å². The SMILES string of the molecule is COc1ccc(/C=C2\Oc3cc(OCc4ccc(OC)cc4)cc(C)c3C2=O)cc1. The fourth-order valence-corrected chi connectivity index (χ4v) is 3.30. The van der Waals surface area contributed by atoms with Crippen LogP contribution >= 0.6 is 0 Å². The van der Waals surface area contributed by atoms with Crippen LogP contribution in [0.2, 0.25) is 0 Å². The molecular weight excluding hydrogens is 380 g/mol. The van der Waals surface area contributed by atoms with E-state index in [1.54, 1.807) is 26.4 Å². The number of fused-ring (bicyclic) bond motifs is 1. The number of hydrogen-bond donors (Lipinski definition) is 0. The summed E-state index contributed by atoms with van der Waals surface area (Å²) < 4.78 is 22.1. The van der Waals surface area contributed by atoms with Crippen LogP contribution in [-0.2, 0) is 6.61 Å². The number of methoxy groups -OCH3 is 2. The zero-order chi connectivity index (χ0) is 21.1. The summed E-state index contributed by atoms with van der Waals surface area (Å²) in [7, 11) is 3.25. The molecule has 1 aliphatic rings. The second-order valence-electron chi connectivity index (χ2n) is 6.96. The molecule has 0 radical (unpaired) electrons. The molecule has 30 heavy (non-hydrogen) atoms. The van der Waals surface area contributed by atoms with Gasteiger partial charge in [0.15, 0.2) is 5.76 Å². The van der Waals surface area contributed by atoms with Gasteiger partial charge in [-0.05, 0) is 60.0 Å². The molecule has 0 amide bonds. The number of rotatable bonds is 6. The van der Waals surface area contributed by atoms with E-state index in [0.717, 1.165) is 28.2 Å². The first-order valence-electron chi connectivity index (χ1n) is 9.56. The summed E-state index contributed by atoms with van der Waals surface area (Å²) in [6, 6.07) is 18.8. The Morgan fingerprint density at radius 3 is 2.13 bits per heavy atom. The Hall–Kier alpha value is -3.73. The number of aryl methyl sites for hydroxylation is 1. The monoisotopic (exact) mass is 402 g/mol. The van der Waals surface area contributed by atoms with E-state index >= 15 is 0 Å². The van der Waals surface area contributed by atoms with Crippen LogP contribution in [0.4, 0.5) is 0 Å². The van der Waals surface area contributed by atoms with E-state index in [0.29, 0.717) is 29.4 Å². The van der Waals surface area contributed by atoms with E-state index in [2.05, 4.69) is 0 Å². The maximum absolute atomic E-state index is 12.8. The van der Waals surface area contributed by atoms with Crippen LogP contribution in [-0.4, -0.2) is 20.0 Å². The van der Waals surface area contributed by atoms with Crippen molar-refractivity contribution in [3.63, 3.8) is 0 Å². The highest BCUT2D eigenvalue weighted by Crippen LogP contribution is 2.37. The fraction of sp³-hybridized carbons (Fsp3) is 0.160. The third-order valence-electron chi connectivity index (χ3n) is 4.92. The smallest absolute Gasteiger partial charge is 0.232 e. The lowest BCUT2D eigenvalue weighted by Gasteiger charge is -2.09. The quantitative estimate of drug-likeness (QED) is 0.530. The molecule has 0 saturated carbocycles. The average molecular weight is 402 g/mol. The highest BCUT2D eigenvalue weighted by molar-refractivity contribution is 6.15. The van der Waals surface area contributed by atoms with Gasteiger partial charge in [0.05, 0.1) is 19.8 Å². The number of hydrogen-bond acceptors (Lipinski definition) is 5. The maximum Gasteiger partial charge on any atom is 0.232 e. The van der Waals surface area contributed by atoms with E-state index in [9.17, 15) is 4.79 Å². The molecule has 0 atom stereocenters. The fourth-order valence-electron chi connectivity index (χ4n) is 3.30. The van der Waals surface area contributed by atoms with Crippen molar-refractivity contribution in [2.45, 2.75) is 13.5 Å². The minimum absolute atomic E-state index is 0.125. The van der Waals surface area contributed by atoms with Gasteiger partial charge in [0.1, 0.15) is 29.6 Å². The predicted octanol–water partition coefficient (Wildman–Crippen LogP) is 5.21. The van der Waals surface area contributed by atoms with E-state index in [4.69, 9.17) is 18.9 Å². The van der Waals surface area contributed by atoms with Gasteiger partial charge in [0, 0.05) is 6.07 Å². The predicted molar refractivity (Wildman–Crippen MR) is 114 cm³/mol. The largest absolute Gasteiger partial charge is 0.497 e. The van der Waals surface area contributed by atoms with Gasteiger partial charge in [0.25, 0.3) is 0 Å². The van der Waals surface area contributed by atoms with Crippen molar-refractivity contribution in [3.8, 4) is 23.0 Å². The zero-order valence-electron chi connectivity index (χ0n) is 17.1. The lowest BCUT2D eigenvalue weighted by Crippen LogP contribution is -2.00. The third-order valence-corrected chi connectivity index (χ3v) is 4.92. The number of carbonyl (C=O) groups excluding carboxylic acids is 1. The van der Waals surface area contributed by atoms with Gasteiger partial charge >= 0.3 is 0 Å². The number of benzene rings is 3. The van der Waals surface area contributed by atoms with E-state index in [-0.39, 0.29) is 5.78 Å². The van der Waals surface area contributed by atoms with E-state index in [1.807, 2.05) is 61.5 Å². The van der Waals surface area contributed by atoms with Crippen molar-refractivity contribution >= 4 is 11.9 Å². The van der Waals surface area contributed by atoms with Gasteiger partial charge in [-0.3, -0.25) is 4.79 Å². The zero-order valence-corrected chi connectivity index (χ0v) is 17.1. The Labute approximate surface area is 175 Å². The van der Waals surface area contributed by atoms with Crippen molar-refractivity contribution in [2.24, 2.45) is 0 Å². The van der Waals surface area contributed by atoms with Gasteiger partial charge in [0.2, 0.25) is 5.78 Å². The molecule has 0 unspecified atom stereocenters. The standard InChI is InChI=1S/C25H22O5/c1-16-12-21(29-15-18-6-10-20(28-3)11-7-18)14-22-24(16)25(26)23(30-22)13-17-4-8-19(27-2)9-5-17/h4-14H,15H2,1-3H3/b23-13-. The van der Waals surface area contributed by atoms with Crippen LogP contribution in [0.5, 0.6) is 23.0 Å². The van der Waals surface area contributed by atoms with Gasteiger partial charge in [-0.2, -0.15) is 0 Å². The summed E-state index contributed by atoms with van der Waals surface area (Å²) in [4.78, 5) is 12.8. The lowest BCUT2D eigenvalue weighted by atomic mass is 10.0. The Morgan fingerprint density at radius 2 is 1.50 bits per heavy atom. The van der Waals surface area contributed by atoms with Crippen molar-refractivity contribution in [2.75, 3.05) is 14.2 Å². The van der Waals surface area contributed by atoms with Gasteiger partial charge in [-0.25, -0.2) is 0 Å². The topological polar surface area (TPSA) is 54.0 Å². The number of allylic oxidation sites excluding steroid dienone is 1. The Morgan fingerprint density at radius 1 is 0.867 bits per heavy atom. The summed E-state index contributed by atoms with van der Waals surface area (Å²) in [5.41, 5.74) is 3.28. The number of Topliss-reactive ketones (excluding diaryl/α,β-unsaturated/α-hetero) is 1. The Balaban J connectivity index is 1.52. The maximum atomic E-state index is 12.8. The van der Waals surface area contributed by atoms with Crippen LogP contribution in [0.3, 0.4) is 0 Å². The lowest BCUT2D eigenvalue weighted by molar-refractivity contribution is 0.101. The van der Waals surface area contributed by atoms with Gasteiger partial charge in [-0.15, -0.1) is 0 Å². The third kappa shape index (κ3) is 4.01. The molecule has 5 nitrogen and oxygen atoms in total. The molecule has 1 heterocycles. The van der Waals surface area contributed by atoms with Crippen LogP contribution < -0.4 is 18.9 Å². The van der Waals surface area contributed by atoms with Crippen molar-refractivity contribution < 1.29 is 23.7 Å². The molecule has 152 valence electrons. The molecule has 5 heteroatoms. The first kappa shape index (κ1) is 19.6. The van der Waals surface area contributed by atoms with Crippen LogP contribution in [0.25, 0.3) is 6.08 Å². The molecular formula is C25H22O5. The van der Waals surface area contributed by atoms with Crippen LogP contribution in [0.1, 0.15) is 27.0 Å². The minimum Gasteiger partial charge on any atom is -0.497 e. The molecule has 1 aliphatic heterocycles. The molecule has 0 N–H and O–H groups in total. The molecule has 3 aromatic rings. The Kier molecular flexibility index (Phi) is 5.44. The van der Waals surface area contributed by atoms with E-state index < -0.39 is 0 Å². The molecule has 4 rings (SSSR count). The molecule has 0 fully saturated rings. The second-order valence-corrected chi connectivity index (χ2v) is 6.96. The summed E-state index contributed by atoms with van der Waals surface area (Å²) in [6.07, 6.45) is 1.74. The summed E-state index contributed by atoms with van der Waals surface area (Å²) in [5.74, 6) is 2.90. The summed E-state index contributed by atoms with van der Waals surface area (Å²) in [6.45, 7) is 2.29. The molecule has 0 aliphatic carbocycles. The Bertz CT molecular complexity index is 1100. The average Bonchev–Trinajstić information content (AvgIpc) is 3.08. The highest BCUT2D eigenvalue weighted by Gasteiger charge is 2.30.